The molecular weight excluding hydrogens is 318 g/mol. The fraction of sp³-hybridized carbons (Fsp3) is 0.222. The van der Waals surface area contributed by atoms with Crippen molar-refractivity contribution in [1.29, 1.82) is 0 Å². The van der Waals surface area contributed by atoms with Crippen LogP contribution in [0, 0.1) is 6.92 Å². The predicted octanol–water partition coefficient (Wildman–Crippen LogP) is 2.79. The zero-order valence-electron chi connectivity index (χ0n) is 14.4. The van der Waals surface area contributed by atoms with Crippen LogP contribution >= 0.6 is 0 Å². The molecule has 2 heterocycles. The average Bonchev–Trinajstić information content (AvgIpc) is 3.09. The monoisotopic (exact) mass is 337 g/mol. The molecule has 0 aliphatic heterocycles. The SMILES string of the molecule is COc1cccc(-n2cc(CNc3ncc(C(C)=O)c(C)n3)cn2)c1. The number of Topliss-reactive ketones (excluding diaryl/α,β-unsaturated/α-hetero) is 1. The normalized spacial score (nSPS) is 10.5. The maximum absolute atomic E-state index is 11.4. The molecule has 0 bridgehead atoms. The van der Waals surface area contributed by atoms with E-state index in [1.54, 1.807) is 31.1 Å². The number of ether oxygens (including phenoxy) is 1. The van der Waals surface area contributed by atoms with E-state index >= 15 is 0 Å². The zero-order chi connectivity index (χ0) is 17.8. The first-order chi connectivity index (χ1) is 12.1. The van der Waals surface area contributed by atoms with Crippen molar-refractivity contribution in [3.05, 3.63) is 59.7 Å². The maximum Gasteiger partial charge on any atom is 0.223 e. The largest absolute Gasteiger partial charge is 0.497 e. The Morgan fingerprint density at radius 2 is 2.16 bits per heavy atom. The fourth-order valence-electron chi connectivity index (χ4n) is 2.42. The average molecular weight is 337 g/mol. The summed E-state index contributed by atoms with van der Waals surface area (Å²) in [6, 6.07) is 7.68. The number of hydrogen-bond donors (Lipinski definition) is 1. The van der Waals surface area contributed by atoms with Crippen LogP contribution < -0.4 is 10.1 Å². The number of aryl methyl sites for hydroxylation is 1. The van der Waals surface area contributed by atoms with Gasteiger partial charge >= 0.3 is 0 Å². The summed E-state index contributed by atoms with van der Waals surface area (Å²) in [5.41, 5.74) is 3.11. The topological polar surface area (TPSA) is 81.9 Å². The summed E-state index contributed by atoms with van der Waals surface area (Å²) in [6.45, 7) is 3.83. The van der Waals surface area contributed by atoms with E-state index in [0.29, 0.717) is 23.8 Å². The van der Waals surface area contributed by atoms with Crippen LogP contribution in [0.2, 0.25) is 0 Å². The van der Waals surface area contributed by atoms with Crippen LogP contribution in [0.25, 0.3) is 5.69 Å². The van der Waals surface area contributed by atoms with E-state index in [9.17, 15) is 4.79 Å². The summed E-state index contributed by atoms with van der Waals surface area (Å²) in [6.07, 6.45) is 5.26. The molecular formula is C18H19N5O2. The van der Waals surface area contributed by atoms with Gasteiger partial charge in [0.25, 0.3) is 0 Å². The number of carbonyl (C=O) groups excluding carboxylic acids is 1. The highest BCUT2D eigenvalue weighted by molar-refractivity contribution is 5.94. The van der Waals surface area contributed by atoms with Gasteiger partial charge in [-0.1, -0.05) is 6.07 Å². The van der Waals surface area contributed by atoms with Gasteiger partial charge in [0, 0.05) is 30.6 Å². The molecule has 25 heavy (non-hydrogen) atoms. The zero-order valence-corrected chi connectivity index (χ0v) is 14.4. The summed E-state index contributed by atoms with van der Waals surface area (Å²) >= 11 is 0. The van der Waals surface area contributed by atoms with Crippen molar-refractivity contribution in [2.75, 3.05) is 12.4 Å². The van der Waals surface area contributed by atoms with Gasteiger partial charge in [-0.2, -0.15) is 5.10 Å². The van der Waals surface area contributed by atoms with Crippen molar-refractivity contribution in [1.82, 2.24) is 19.7 Å². The lowest BCUT2D eigenvalue weighted by atomic mass is 10.2. The number of rotatable bonds is 6. The number of anilines is 1. The minimum atomic E-state index is -0.0383. The van der Waals surface area contributed by atoms with Crippen LogP contribution in [0.15, 0.2) is 42.9 Å². The number of nitrogens with one attached hydrogen (secondary N) is 1. The number of nitrogens with zero attached hydrogens (tertiary/aromatic N) is 4. The Hall–Kier alpha value is -3.22. The molecule has 0 atom stereocenters. The Balaban J connectivity index is 1.69. The van der Waals surface area contributed by atoms with Crippen molar-refractivity contribution >= 4 is 11.7 Å². The molecule has 2 aromatic heterocycles. The van der Waals surface area contributed by atoms with Gasteiger partial charge in [0.1, 0.15) is 5.75 Å². The van der Waals surface area contributed by atoms with Crippen LogP contribution in [0.5, 0.6) is 5.75 Å². The molecule has 0 saturated carbocycles. The second-order valence-electron chi connectivity index (χ2n) is 5.60. The Labute approximate surface area is 145 Å². The van der Waals surface area contributed by atoms with Gasteiger partial charge in [-0.25, -0.2) is 14.6 Å². The first-order valence-corrected chi connectivity index (χ1v) is 7.83. The molecule has 0 aliphatic carbocycles. The second kappa shape index (κ2) is 7.12. The molecule has 3 rings (SSSR count). The Bertz CT molecular complexity index is 904. The van der Waals surface area contributed by atoms with Gasteiger partial charge in [0.2, 0.25) is 5.95 Å². The van der Waals surface area contributed by atoms with E-state index in [0.717, 1.165) is 17.0 Å². The number of hydrogen-bond acceptors (Lipinski definition) is 6. The van der Waals surface area contributed by atoms with E-state index in [1.807, 2.05) is 30.5 Å². The molecule has 1 N–H and O–H groups in total. The first-order valence-electron chi connectivity index (χ1n) is 7.83. The van der Waals surface area contributed by atoms with E-state index < -0.39 is 0 Å². The van der Waals surface area contributed by atoms with Crippen LogP contribution in [0.4, 0.5) is 5.95 Å². The van der Waals surface area contributed by atoms with Gasteiger partial charge in [0.15, 0.2) is 5.78 Å². The Kier molecular flexibility index (Phi) is 4.74. The molecule has 3 aromatic rings. The third kappa shape index (κ3) is 3.82. The van der Waals surface area contributed by atoms with Crippen LogP contribution in [0.1, 0.15) is 28.5 Å². The highest BCUT2D eigenvalue weighted by Gasteiger charge is 2.08. The molecule has 0 aliphatic rings. The minimum Gasteiger partial charge on any atom is -0.497 e. The molecule has 7 heteroatoms. The molecule has 0 spiro atoms. The second-order valence-corrected chi connectivity index (χ2v) is 5.60. The van der Waals surface area contributed by atoms with Crippen molar-refractivity contribution in [2.45, 2.75) is 20.4 Å². The van der Waals surface area contributed by atoms with Gasteiger partial charge < -0.3 is 10.1 Å². The minimum absolute atomic E-state index is 0.0383. The number of benzene rings is 1. The van der Waals surface area contributed by atoms with E-state index in [2.05, 4.69) is 20.4 Å². The van der Waals surface area contributed by atoms with Crippen molar-refractivity contribution < 1.29 is 9.53 Å². The lowest BCUT2D eigenvalue weighted by Crippen LogP contribution is -2.07. The van der Waals surface area contributed by atoms with E-state index in [4.69, 9.17) is 4.74 Å². The molecule has 1 aromatic carbocycles. The fourth-order valence-corrected chi connectivity index (χ4v) is 2.42. The molecule has 7 nitrogen and oxygen atoms in total. The summed E-state index contributed by atoms with van der Waals surface area (Å²) in [7, 11) is 1.64. The molecule has 128 valence electrons. The van der Waals surface area contributed by atoms with Crippen LogP contribution in [0.3, 0.4) is 0 Å². The molecule has 0 radical (unpaired) electrons. The van der Waals surface area contributed by atoms with Gasteiger partial charge in [-0.05, 0) is 26.0 Å². The Morgan fingerprint density at radius 1 is 1.32 bits per heavy atom. The van der Waals surface area contributed by atoms with Crippen LogP contribution in [-0.2, 0) is 6.54 Å². The lowest BCUT2D eigenvalue weighted by molar-refractivity contribution is 0.101. The molecule has 0 amide bonds. The lowest BCUT2D eigenvalue weighted by Gasteiger charge is -2.06. The third-order valence-electron chi connectivity index (χ3n) is 3.76. The number of ketones is 1. The van der Waals surface area contributed by atoms with Crippen molar-refractivity contribution in [3.8, 4) is 11.4 Å². The smallest absolute Gasteiger partial charge is 0.223 e. The highest BCUT2D eigenvalue weighted by Crippen LogP contribution is 2.16. The Morgan fingerprint density at radius 3 is 2.88 bits per heavy atom. The number of methoxy groups -OCH3 is 1. The van der Waals surface area contributed by atoms with E-state index in [1.165, 1.54) is 6.92 Å². The van der Waals surface area contributed by atoms with Crippen molar-refractivity contribution in [2.24, 2.45) is 0 Å². The first kappa shape index (κ1) is 16.6. The molecule has 0 saturated heterocycles. The van der Waals surface area contributed by atoms with Crippen LogP contribution in [-0.4, -0.2) is 32.6 Å². The maximum atomic E-state index is 11.4. The highest BCUT2D eigenvalue weighted by atomic mass is 16.5. The van der Waals surface area contributed by atoms with Gasteiger partial charge in [0.05, 0.1) is 30.3 Å². The third-order valence-corrected chi connectivity index (χ3v) is 3.76. The molecule has 0 unspecified atom stereocenters. The standard InChI is InChI=1S/C18H19N5O2/c1-12-17(13(2)24)10-20-18(22-12)19-8-14-9-21-23(11-14)15-5-4-6-16(7-15)25-3/h4-7,9-11H,8H2,1-3H3,(H,19,20,22). The van der Waals surface area contributed by atoms with E-state index in [-0.39, 0.29) is 5.78 Å². The molecule has 0 fully saturated rings. The predicted molar refractivity (Wildman–Crippen MR) is 94.2 cm³/mol. The number of carbonyl (C=O) groups is 1. The number of aromatic nitrogens is 4. The summed E-state index contributed by atoms with van der Waals surface area (Å²) in [4.78, 5) is 19.9. The van der Waals surface area contributed by atoms with Crippen molar-refractivity contribution in [3.63, 3.8) is 0 Å². The van der Waals surface area contributed by atoms with Gasteiger partial charge in [-0.3, -0.25) is 4.79 Å². The summed E-state index contributed by atoms with van der Waals surface area (Å²) < 4.78 is 7.01. The summed E-state index contributed by atoms with van der Waals surface area (Å²) in [5.74, 6) is 1.22. The summed E-state index contributed by atoms with van der Waals surface area (Å²) in [5, 5.41) is 7.51. The van der Waals surface area contributed by atoms with Gasteiger partial charge in [-0.15, -0.1) is 0 Å². The quantitative estimate of drug-likeness (QED) is 0.697.